The van der Waals surface area contributed by atoms with Gasteiger partial charge >= 0.3 is 11.9 Å². The van der Waals surface area contributed by atoms with Gasteiger partial charge in [0, 0.05) is 12.8 Å². The third-order valence-corrected chi connectivity index (χ3v) is 5.57. The number of carboxylic acids is 1. The molecule has 0 aromatic rings. The summed E-state index contributed by atoms with van der Waals surface area (Å²) >= 11 is 0. The van der Waals surface area contributed by atoms with Crippen molar-refractivity contribution in [1.29, 1.82) is 0 Å². The number of hydrogen-bond acceptors (Lipinski definition) is 3. The Morgan fingerprint density at radius 2 is 1.24 bits per heavy atom. The Balaban J connectivity index is 3.91. The first-order valence-electron chi connectivity index (χ1n) is 13.6. The van der Waals surface area contributed by atoms with Crippen LogP contribution in [-0.2, 0) is 14.3 Å². The van der Waals surface area contributed by atoms with Gasteiger partial charge in [-0.3, -0.25) is 9.59 Å². The van der Waals surface area contributed by atoms with Crippen LogP contribution in [0, 0.1) is 0 Å². The van der Waals surface area contributed by atoms with Crippen molar-refractivity contribution in [3.05, 3.63) is 48.6 Å². The average Bonchev–Trinajstić information content (AvgIpc) is 2.81. The molecule has 0 saturated carbocycles. The molecule has 0 fully saturated rings. The zero-order valence-electron chi connectivity index (χ0n) is 21.9. The summed E-state index contributed by atoms with van der Waals surface area (Å²) < 4.78 is 5.75. The van der Waals surface area contributed by atoms with Crippen molar-refractivity contribution in [1.82, 2.24) is 0 Å². The predicted molar refractivity (Wildman–Crippen MR) is 144 cm³/mol. The van der Waals surface area contributed by atoms with E-state index in [1.807, 2.05) is 0 Å². The number of unbranched alkanes of at least 4 members (excludes halogenated alkanes) is 6. The summed E-state index contributed by atoms with van der Waals surface area (Å²) in [5.41, 5.74) is 0. The van der Waals surface area contributed by atoms with Gasteiger partial charge in [0.05, 0.1) is 0 Å². The molecule has 0 aromatic heterocycles. The average molecular weight is 475 g/mol. The first-order chi connectivity index (χ1) is 16.6. The number of carbonyl (C=O) groups is 2. The molecule has 0 spiro atoms. The van der Waals surface area contributed by atoms with Crippen molar-refractivity contribution >= 4 is 11.9 Å². The summed E-state index contributed by atoms with van der Waals surface area (Å²) in [6, 6.07) is 0. The number of carboxylic acid groups (broad SMARTS) is 1. The maximum atomic E-state index is 12.3. The van der Waals surface area contributed by atoms with Gasteiger partial charge in [0.25, 0.3) is 0 Å². The SMILES string of the molecule is CC/C=C\C/C=C\C/C=C\C/C=C\CCCCC(=O)OC(CCCCC)CCCCCC(=O)O. The van der Waals surface area contributed by atoms with Gasteiger partial charge in [-0.15, -0.1) is 0 Å². The monoisotopic (exact) mass is 474 g/mol. The molecule has 0 rings (SSSR count). The summed E-state index contributed by atoms with van der Waals surface area (Å²) in [6.45, 7) is 4.32. The number of ether oxygens (including phenoxy) is 1. The van der Waals surface area contributed by atoms with E-state index in [0.717, 1.165) is 89.9 Å². The van der Waals surface area contributed by atoms with Gasteiger partial charge in [-0.2, -0.15) is 0 Å². The number of hydrogen-bond donors (Lipinski definition) is 1. The third-order valence-electron chi connectivity index (χ3n) is 5.57. The molecule has 0 aliphatic rings. The highest BCUT2D eigenvalue weighted by molar-refractivity contribution is 5.69. The Morgan fingerprint density at radius 3 is 1.82 bits per heavy atom. The summed E-state index contributed by atoms with van der Waals surface area (Å²) in [5, 5.41) is 8.73. The summed E-state index contributed by atoms with van der Waals surface area (Å²) in [7, 11) is 0. The van der Waals surface area contributed by atoms with E-state index in [9.17, 15) is 9.59 Å². The Labute approximate surface area is 209 Å². The van der Waals surface area contributed by atoms with Gasteiger partial charge in [-0.05, 0) is 77.0 Å². The van der Waals surface area contributed by atoms with Gasteiger partial charge in [0.15, 0.2) is 0 Å². The quantitative estimate of drug-likeness (QED) is 0.0912. The zero-order valence-corrected chi connectivity index (χ0v) is 21.9. The highest BCUT2D eigenvalue weighted by Crippen LogP contribution is 2.16. The first-order valence-corrected chi connectivity index (χ1v) is 13.6. The maximum Gasteiger partial charge on any atom is 0.306 e. The third kappa shape index (κ3) is 24.5. The largest absolute Gasteiger partial charge is 0.481 e. The number of allylic oxidation sites excluding steroid dienone is 8. The van der Waals surface area contributed by atoms with Crippen LogP contribution in [0.2, 0.25) is 0 Å². The van der Waals surface area contributed by atoms with E-state index >= 15 is 0 Å². The molecule has 0 radical (unpaired) electrons. The normalized spacial score (nSPS) is 13.0. The molecule has 4 nitrogen and oxygen atoms in total. The molecule has 0 saturated heterocycles. The standard InChI is InChI=1S/C30H50O4/c1-3-5-7-8-9-10-11-12-13-14-15-16-17-18-23-27-30(33)34-28(24-20-6-4-2)25-21-19-22-26-29(31)32/h5,7,9-10,12-13,15-16,28H,3-4,6,8,11,14,17-27H2,1-2H3,(H,31,32)/b7-5-,10-9-,13-12-,16-15-. The molecule has 0 aliphatic heterocycles. The fourth-order valence-corrected chi connectivity index (χ4v) is 3.58. The van der Waals surface area contributed by atoms with Gasteiger partial charge in [-0.1, -0.05) is 81.7 Å². The van der Waals surface area contributed by atoms with Crippen LogP contribution >= 0.6 is 0 Å². The van der Waals surface area contributed by atoms with Crippen LogP contribution in [-0.4, -0.2) is 23.1 Å². The maximum absolute atomic E-state index is 12.3. The second-order valence-electron chi connectivity index (χ2n) is 8.85. The lowest BCUT2D eigenvalue weighted by molar-refractivity contribution is -0.150. The highest BCUT2D eigenvalue weighted by atomic mass is 16.5. The van der Waals surface area contributed by atoms with Gasteiger partial charge in [0.1, 0.15) is 6.10 Å². The van der Waals surface area contributed by atoms with Crippen LogP contribution in [0.4, 0.5) is 0 Å². The second-order valence-corrected chi connectivity index (χ2v) is 8.85. The van der Waals surface area contributed by atoms with E-state index in [-0.39, 0.29) is 18.5 Å². The molecule has 4 heteroatoms. The van der Waals surface area contributed by atoms with E-state index in [4.69, 9.17) is 9.84 Å². The molecule has 0 aliphatic carbocycles. The second kappa shape index (κ2) is 25.5. The molecular weight excluding hydrogens is 424 g/mol. The Morgan fingerprint density at radius 1 is 0.676 bits per heavy atom. The van der Waals surface area contributed by atoms with Crippen LogP contribution in [0.1, 0.15) is 123 Å². The smallest absolute Gasteiger partial charge is 0.306 e. The zero-order chi connectivity index (χ0) is 25.1. The Hall–Kier alpha value is -2.10. The minimum Gasteiger partial charge on any atom is -0.481 e. The molecule has 0 bridgehead atoms. The van der Waals surface area contributed by atoms with Crippen LogP contribution in [0.15, 0.2) is 48.6 Å². The first kappa shape index (κ1) is 31.9. The van der Waals surface area contributed by atoms with Crippen LogP contribution in [0.25, 0.3) is 0 Å². The van der Waals surface area contributed by atoms with Crippen molar-refractivity contribution in [3.63, 3.8) is 0 Å². The van der Waals surface area contributed by atoms with E-state index in [0.29, 0.717) is 12.8 Å². The van der Waals surface area contributed by atoms with Gasteiger partial charge in [0.2, 0.25) is 0 Å². The van der Waals surface area contributed by atoms with Crippen LogP contribution in [0.5, 0.6) is 0 Å². The molecule has 0 heterocycles. The highest BCUT2D eigenvalue weighted by Gasteiger charge is 2.14. The topological polar surface area (TPSA) is 63.6 Å². The van der Waals surface area contributed by atoms with Gasteiger partial charge < -0.3 is 9.84 Å². The number of rotatable bonds is 23. The molecule has 1 N–H and O–H groups in total. The lowest BCUT2D eigenvalue weighted by atomic mass is 10.0. The molecule has 0 amide bonds. The van der Waals surface area contributed by atoms with Crippen molar-refractivity contribution in [2.45, 2.75) is 129 Å². The predicted octanol–water partition coefficient (Wildman–Crippen LogP) is 8.88. The van der Waals surface area contributed by atoms with Crippen molar-refractivity contribution in [2.24, 2.45) is 0 Å². The minimum atomic E-state index is -0.740. The Bertz CT molecular complexity index is 601. The molecule has 0 aromatic carbocycles. The van der Waals surface area contributed by atoms with Crippen molar-refractivity contribution in [2.75, 3.05) is 0 Å². The molecule has 34 heavy (non-hydrogen) atoms. The summed E-state index contributed by atoms with van der Waals surface area (Å²) in [5.74, 6) is -0.826. The summed E-state index contributed by atoms with van der Waals surface area (Å²) in [6.07, 6.45) is 32.8. The minimum absolute atomic E-state index is 0.0155. The molecule has 194 valence electrons. The van der Waals surface area contributed by atoms with Crippen molar-refractivity contribution < 1.29 is 19.4 Å². The number of esters is 1. The van der Waals surface area contributed by atoms with Crippen molar-refractivity contribution in [3.8, 4) is 0 Å². The Kier molecular flexibility index (Phi) is 23.9. The summed E-state index contributed by atoms with van der Waals surface area (Å²) in [4.78, 5) is 22.9. The molecule has 1 unspecified atom stereocenters. The van der Waals surface area contributed by atoms with E-state index in [1.165, 1.54) is 0 Å². The fraction of sp³-hybridized carbons (Fsp3) is 0.667. The van der Waals surface area contributed by atoms with Gasteiger partial charge in [-0.25, -0.2) is 0 Å². The fourth-order valence-electron chi connectivity index (χ4n) is 3.58. The van der Waals surface area contributed by atoms with E-state index in [1.54, 1.807) is 0 Å². The lowest BCUT2D eigenvalue weighted by Crippen LogP contribution is -2.18. The van der Waals surface area contributed by atoms with Crippen LogP contribution in [0.3, 0.4) is 0 Å². The van der Waals surface area contributed by atoms with Crippen LogP contribution < -0.4 is 0 Å². The number of carbonyl (C=O) groups excluding carboxylic acids is 1. The molecule has 1 atom stereocenters. The van der Waals surface area contributed by atoms with E-state index in [2.05, 4.69) is 62.5 Å². The van der Waals surface area contributed by atoms with E-state index < -0.39 is 5.97 Å². The lowest BCUT2D eigenvalue weighted by Gasteiger charge is -2.18. The molecular formula is C30H50O4. The number of aliphatic carboxylic acids is 1.